The Morgan fingerprint density at radius 3 is 2.29 bits per heavy atom. The highest BCUT2D eigenvalue weighted by Crippen LogP contribution is 2.20. The zero-order valence-corrected chi connectivity index (χ0v) is 19.0. The van der Waals surface area contributed by atoms with Crippen molar-refractivity contribution < 1.29 is 14.3 Å². The van der Waals surface area contributed by atoms with Crippen molar-refractivity contribution in [2.45, 2.75) is 27.7 Å². The average molecular weight is 424 g/mol. The van der Waals surface area contributed by atoms with Crippen LogP contribution in [0.2, 0.25) is 0 Å². The summed E-state index contributed by atoms with van der Waals surface area (Å²) in [6.07, 6.45) is 0. The third-order valence-electron chi connectivity index (χ3n) is 5.44. The fourth-order valence-corrected chi connectivity index (χ4v) is 3.67. The molecule has 166 valence electrons. The van der Waals surface area contributed by atoms with E-state index in [1.807, 2.05) is 61.2 Å². The molecular weight excluding hydrogens is 390 g/mol. The molecule has 2 aromatic rings. The zero-order valence-electron chi connectivity index (χ0n) is 19.0. The fraction of sp³-hybridized carbons (Fsp3) is 0.440. The summed E-state index contributed by atoms with van der Waals surface area (Å²) >= 11 is 0. The number of nitrogens with zero attached hydrogens (tertiary/aromatic N) is 2. The molecule has 0 radical (unpaired) electrons. The van der Waals surface area contributed by atoms with Crippen LogP contribution >= 0.6 is 0 Å². The lowest BCUT2D eigenvalue weighted by Crippen LogP contribution is -2.50. The van der Waals surface area contributed by atoms with E-state index in [2.05, 4.69) is 24.1 Å². The number of piperazine rings is 1. The van der Waals surface area contributed by atoms with Gasteiger partial charge in [0.05, 0.1) is 13.2 Å². The van der Waals surface area contributed by atoms with E-state index in [9.17, 15) is 9.59 Å². The number of amides is 2. The summed E-state index contributed by atoms with van der Waals surface area (Å²) in [7, 11) is 0. The Balaban J connectivity index is 1.50. The van der Waals surface area contributed by atoms with Crippen molar-refractivity contribution in [1.29, 1.82) is 0 Å². The predicted molar refractivity (Wildman–Crippen MR) is 124 cm³/mol. The molecule has 1 N–H and O–H groups in total. The first-order valence-corrected chi connectivity index (χ1v) is 10.9. The highest BCUT2D eigenvalue weighted by atomic mass is 16.5. The summed E-state index contributed by atoms with van der Waals surface area (Å²) < 4.78 is 5.75. The average Bonchev–Trinajstić information content (AvgIpc) is 2.75. The van der Waals surface area contributed by atoms with Gasteiger partial charge in [-0.25, -0.2) is 0 Å². The maximum atomic E-state index is 12.9. The lowest BCUT2D eigenvalue weighted by molar-refractivity contribution is -0.117. The van der Waals surface area contributed by atoms with Gasteiger partial charge in [0.1, 0.15) is 5.75 Å². The zero-order chi connectivity index (χ0) is 22.4. The summed E-state index contributed by atoms with van der Waals surface area (Å²) in [5.41, 5.74) is 3.65. The van der Waals surface area contributed by atoms with Crippen molar-refractivity contribution in [2.75, 3.05) is 44.6 Å². The Morgan fingerprint density at radius 1 is 1.00 bits per heavy atom. The van der Waals surface area contributed by atoms with Crippen LogP contribution in [0, 0.1) is 19.8 Å². The van der Waals surface area contributed by atoms with Gasteiger partial charge in [-0.2, -0.15) is 0 Å². The minimum atomic E-state index is -0.0211. The first-order valence-electron chi connectivity index (χ1n) is 10.9. The number of carbonyl (C=O) groups excluding carboxylic acids is 2. The lowest BCUT2D eigenvalue weighted by Gasteiger charge is -2.34. The van der Waals surface area contributed by atoms with Gasteiger partial charge in [-0.15, -0.1) is 0 Å². The van der Waals surface area contributed by atoms with Crippen molar-refractivity contribution in [3.63, 3.8) is 0 Å². The molecule has 0 atom stereocenters. The third-order valence-corrected chi connectivity index (χ3v) is 5.44. The molecule has 3 rings (SSSR count). The maximum Gasteiger partial charge on any atom is 0.254 e. The molecule has 1 aliphatic heterocycles. The lowest BCUT2D eigenvalue weighted by atomic mass is 10.1. The molecule has 0 spiro atoms. The first-order chi connectivity index (χ1) is 14.8. The summed E-state index contributed by atoms with van der Waals surface area (Å²) in [4.78, 5) is 29.4. The highest BCUT2D eigenvalue weighted by molar-refractivity contribution is 5.95. The van der Waals surface area contributed by atoms with Gasteiger partial charge in [0.25, 0.3) is 5.91 Å². The number of anilines is 1. The number of aryl methyl sites for hydroxylation is 2. The summed E-state index contributed by atoms with van der Waals surface area (Å²) in [5, 5.41) is 3.04. The third kappa shape index (κ3) is 6.31. The molecule has 0 bridgehead atoms. The number of carbonyl (C=O) groups is 2. The molecule has 6 nitrogen and oxygen atoms in total. The van der Waals surface area contributed by atoms with Crippen molar-refractivity contribution in [3.8, 4) is 5.75 Å². The molecular formula is C25H33N3O3. The summed E-state index contributed by atoms with van der Waals surface area (Å²) in [6, 6.07) is 13.4. The quantitative estimate of drug-likeness (QED) is 0.737. The van der Waals surface area contributed by atoms with Gasteiger partial charge in [-0.05, 0) is 49.1 Å². The van der Waals surface area contributed by atoms with Gasteiger partial charge in [0.2, 0.25) is 5.91 Å². The van der Waals surface area contributed by atoms with Gasteiger partial charge in [-0.3, -0.25) is 14.5 Å². The number of hydrogen-bond acceptors (Lipinski definition) is 4. The van der Waals surface area contributed by atoms with Crippen LogP contribution in [0.25, 0.3) is 0 Å². The van der Waals surface area contributed by atoms with Crippen molar-refractivity contribution in [2.24, 2.45) is 5.92 Å². The van der Waals surface area contributed by atoms with Crippen LogP contribution in [-0.4, -0.2) is 60.9 Å². The standard InChI is InChI=1S/C25H33N3O3/c1-18(2)17-31-22-10-6-9-21(15-22)25(30)28-13-11-27(12-14-28)16-23(29)26-24-19(3)7-5-8-20(24)4/h5-10,15,18H,11-14,16-17H2,1-4H3,(H,26,29). The molecule has 1 fully saturated rings. The number of hydrogen-bond donors (Lipinski definition) is 1. The Hall–Kier alpha value is -2.86. The van der Waals surface area contributed by atoms with E-state index in [1.54, 1.807) is 0 Å². The van der Waals surface area contributed by atoms with E-state index in [0.717, 1.165) is 22.6 Å². The number of nitrogens with one attached hydrogen (secondary N) is 1. The molecule has 0 saturated carbocycles. The van der Waals surface area contributed by atoms with E-state index < -0.39 is 0 Å². The van der Waals surface area contributed by atoms with Crippen LogP contribution in [0.1, 0.15) is 35.3 Å². The molecule has 1 aliphatic rings. The summed E-state index contributed by atoms with van der Waals surface area (Å²) in [6.45, 7) is 11.7. The SMILES string of the molecule is Cc1cccc(C)c1NC(=O)CN1CCN(C(=O)c2cccc(OCC(C)C)c2)CC1. The number of rotatable bonds is 7. The molecule has 6 heteroatoms. The second-order valence-corrected chi connectivity index (χ2v) is 8.62. The molecule has 0 aromatic heterocycles. The highest BCUT2D eigenvalue weighted by Gasteiger charge is 2.24. The van der Waals surface area contributed by atoms with E-state index >= 15 is 0 Å². The van der Waals surface area contributed by atoms with Gasteiger partial charge in [0.15, 0.2) is 0 Å². The molecule has 1 saturated heterocycles. The Kier molecular flexibility index (Phi) is 7.69. The van der Waals surface area contributed by atoms with Crippen LogP contribution in [0.5, 0.6) is 5.75 Å². The molecule has 31 heavy (non-hydrogen) atoms. The van der Waals surface area contributed by atoms with Crippen LogP contribution in [0.4, 0.5) is 5.69 Å². The van der Waals surface area contributed by atoms with E-state index in [0.29, 0.717) is 50.8 Å². The van der Waals surface area contributed by atoms with Crippen molar-refractivity contribution in [1.82, 2.24) is 9.80 Å². The van der Waals surface area contributed by atoms with Gasteiger partial charge < -0.3 is 15.0 Å². The second-order valence-electron chi connectivity index (χ2n) is 8.62. The smallest absolute Gasteiger partial charge is 0.254 e. The first kappa shape index (κ1) is 22.8. The van der Waals surface area contributed by atoms with E-state index in [1.165, 1.54) is 0 Å². The predicted octanol–water partition coefficient (Wildman–Crippen LogP) is 3.73. The maximum absolute atomic E-state index is 12.9. The Labute approximate surface area is 185 Å². The number of ether oxygens (including phenoxy) is 1. The van der Waals surface area contributed by atoms with Crippen molar-refractivity contribution in [3.05, 3.63) is 59.2 Å². The molecule has 1 heterocycles. The monoisotopic (exact) mass is 423 g/mol. The fourth-order valence-electron chi connectivity index (χ4n) is 3.67. The number of para-hydroxylation sites is 1. The van der Waals surface area contributed by atoms with Gasteiger partial charge in [-0.1, -0.05) is 38.1 Å². The minimum Gasteiger partial charge on any atom is -0.493 e. The Morgan fingerprint density at radius 2 is 1.65 bits per heavy atom. The number of benzene rings is 2. The molecule has 2 amide bonds. The molecule has 0 aliphatic carbocycles. The topological polar surface area (TPSA) is 61.9 Å². The van der Waals surface area contributed by atoms with Crippen LogP contribution < -0.4 is 10.1 Å². The molecule has 0 unspecified atom stereocenters. The van der Waals surface area contributed by atoms with Crippen LogP contribution in [0.3, 0.4) is 0 Å². The molecule has 2 aromatic carbocycles. The van der Waals surface area contributed by atoms with E-state index in [4.69, 9.17) is 4.74 Å². The van der Waals surface area contributed by atoms with E-state index in [-0.39, 0.29) is 11.8 Å². The van der Waals surface area contributed by atoms with Crippen molar-refractivity contribution >= 4 is 17.5 Å². The van der Waals surface area contributed by atoms with Crippen LogP contribution in [0.15, 0.2) is 42.5 Å². The van der Waals surface area contributed by atoms with Crippen LogP contribution in [-0.2, 0) is 4.79 Å². The largest absolute Gasteiger partial charge is 0.493 e. The minimum absolute atomic E-state index is 0.00892. The normalized spacial score (nSPS) is 14.5. The second kappa shape index (κ2) is 10.4. The summed E-state index contributed by atoms with van der Waals surface area (Å²) in [5.74, 6) is 1.14. The van der Waals surface area contributed by atoms with Gasteiger partial charge >= 0.3 is 0 Å². The van der Waals surface area contributed by atoms with Gasteiger partial charge in [0, 0.05) is 37.4 Å². The Bertz CT molecular complexity index is 898.